The number of anilines is 1. The van der Waals surface area contributed by atoms with E-state index in [1.54, 1.807) is 14.2 Å². The fourth-order valence-corrected chi connectivity index (χ4v) is 2.56. The molecule has 0 bridgehead atoms. The highest BCUT2D eigenvalue weighted by Crippen LogP contribution is 2.22. The first-order valence-corrected chi connectivity index (χ1v) is 6.88. The van der Waals surface area contributed by atoms with E-state index in [2.05, 4.69) is 14.9 Å². The Morgan fingerprint density at radius 1 is 1.30 bits per heavy atom. The topological polar surface area (TPSA) is 50.7 Å². The second kappa shape index (κ2) is 6.97. The van der Waals surface area contributed by atoms with E-state index < -0.39 is 0 Å². The van der Waals surface area contributed by atoms with Crippen LogP contribution in [0.5, 0.6) is 0 Å². The summed E-state index contributed by atoms with van der Waals surface area (Å²) >= 11 is 0. The average Bonchev–Trinajstić information content (AvgIpc) is 2.82. The van der Waals surface area contributed by atoms with Crippen molar-refractivity contribution in [2.45, 2.75) is 25.1 Å². The first-order chi connectivity index (χ1) is 9.63. The molecule has 6 nitrogen and oxygen atoms in total. The van der Waals surface area contributed by atoms with Crippen LogP contribution in [0.15, 0.2) is 12.4 Å². The Kier molecular flexibility index (Phi) is 5.28. The third-order valence-electron chi connectivity index (χ3n) is 3.66. The van der Waals surface area contributed by atoms with Crippen molar-refractivity contribution in [3.63, 3.8) is 0 Å². The van der Waals surface area contributed by atoms with Gasteiger partial charge in [-0.05, 0) is 6.42 Å². The van der Waals surface area contributed by atoms with Crippen LogP contribution in [-0.4, -0.2) is 68.5 Å². The molecule has 2 rings (SSSR count). The number of rotatable bonds is 6. The van der Waals surface area contributed by atoms with Gasteiger partial charge in [0.1, 0.15) is 0 Å². The summed E-state index contributed by atoms with van der Waals surface area (Å²) in [4.78, 5) is 13.0. The molecule has 2 atom stereocenters. The second-order valence-electron chi connectivity index (χ2n) is 5.42. The number of hydrogen-bond donors (Lipinski definition) is 0. The SMILES string of the molecule is COC[C@@H]1C[C@@H](OC)CN1Cc1cnc(N(C)C)nc1. The number of hydrogen-bond acceptors (Lipinski definition) is 6. The van der Waals surface area contributed by atoms with Crippen molar-refractivity contribution in [3.05, 3.63) is 18.0 Å². The summed E-state index contributed by atoms with van der Waals surface area (Å²) in [6.45, 7) is 2.50. The zero-order valence-electron chi connectivity index (χ0n) is 12.7. The van der Waals surface area contributed by atoms with Crippen molar-refractivity contribution in [2.75, 3.05) is 46.4 Å². The fourth-order valence-electron chi connectivity index (χ4n) is 2.56. The second-order valence-corrected chi connectivity index (χ2v) is 5.42. The van der Waals surface area contributed by atoms with Crippen molar-refractivity contribution < 1.29 is 9.47 Å². The van der Waals surface area contributed by atoms with E-state index in [0.717, 1.165) is 37.6 Å². The molecule has 0 unspecified atom stereocenters. The predicted molar refractivity (Wildman–Crippen MR) is 77.8 cm³/mol. The molecule has 0 amide bonds. The Bertz CT molecular complexity index is 410. The van der Waals surface area contributed by atoms with Gasteiger partial charge in [-0.1, -0.05) is 0 Å². The Labute approximate surface area is 120 Å². The van der Waals surface area contributed by atoms with E-state index in [4.69, 9.17) is 9.47 Å². The lowest BCUT2D eigenvalue weighted by atomic mass is 10.2. The molecule has 6 heteroatoms. The van der Waals surface area contributed by atoms with Crippen LogP contribution in [0.1, 0.15) is 12.0 Å². The van der Waals surface area contributed by atoms with Gasteiger partial charge in [-0.25, -0.2) is 9.97 Å². The summed E-state index contributed by atoms with van der Waals surface area (Å²) in [5, 5.41) is 0. The molecule has 20 heavy (non-hydrogen) atoms. The van der Waals surface area contributed by atoms with Gasteiger partial charge >= 0.3 is 0 Å². The number of methoxy groups -OCH3 is 2. The minimum Gasteiger partial charge on any atom is -0.383 e. The molecule has 0 radical (unpaired) electrons. The standard InChI is InChI=1S/C14H24N4O2/c1-17(2)14-15-6-11(7-16-14)8-18-9-13(20-4)5-12(18)10-19-3/h6-7,12-13H,5,8-10H2,1-4H3/t12-,13+/m0/s1. The maximum Gasteiger partial charge on any atom is 0.224 e. The third-order valence-corrected chi connectivity index (χ3v) is 3.66. The van der Waals surface area contributed by atoms with Gasteiger partial charge in [0.05, 0.1) is 12.7 Å². The zero-order chi connectivity index (χ0) is 14.5. The summed E-state index contributed by atoms with van der Waals surface area (Å²) in [7, 11) is 7.39. The lowest BCUT2D eigenvalue weighted by Crippen LogP contribution is -2.32. The lowest BCUT2D eigenvalue weighted by molar-refractivity contribution is 0.106. The Balaban J connectivity index is 2.00. The molecule has 1 aliphatic heterocycles. The number of nitrogens with zero attached hydrogens (tertiary/aromatic N) is 4. The smallest absolute Gasteiger partial charge is 0.224 e. The molecule has 2 heterocycles. The zero-order valence-corrected chi connectivity index (χ0v) is 12.7. The number of ether oxygens (including phenoxy) is 2. The van der Waals surface area contributed by atoms with Crippen molar-refractivity contribution in [2.24, 2.45) is 0 Å². The third kappa shape index (κ3) is 3.65. The van der Waals surface area contributed by atoms with Crippen molar-refractivity contribution in [1.29, 1.82) is 0 Å². The molecule has 112 valence electrons. The molecular weight excluding hydrogens is 256 g/mol. The molecule has 1 fully saturated rings. The van der Waals surface area contributed by atoms with Crippen LogP contribution in [0, 0.1) is 0 Å². The van der Waals surface area contributed by atoms with Crippen LogP contribution in [-0.2, 0) is 16.0 Å². The summed E-state index contributed by atoms with van der Waals surface area (Å²) in [5.74, 6) is 0.735. The summed E-state index contributed by atoms with van der Waals surface area (Å²) in [6.07, 6.45) is 5.09. The predicted octanol–water partition coefficient (Wildman–Crippen LogP) is 0.778. The molecule has 0 saturated carbocycles. The molecule has 1 saturated heterocycles. The van der Waals surface area contributed by atoms with Crippen LogP contribution < -0.4 is 4.90 Å². The van der Waals surface area contributed by atoms with E-state index in [0.29, 0.717) is 6.04 Å². The maximum atomic E-state index is 5.47. The molecular formula is C14H24N4O2. The summed E-state index contributed by atoms with van der Waals surface area (Å²) in [6, 6.07) is 0.401. The monoisotopic (exact) mass is 280 g/mol. The first-order valence-electron chi connectivity index (χ1n) is 6.88. The Morgan fingerprint density at radius 2 is 2.00 bits per heavy atom. The number of likely N-dealkylation sites (tertiary alicyclic amines) is 1. The average molecular weight is 280 g/mol. The van der Waals surface area contributed by atoms with E-state index in [-0.39, 0.29) is 6.10 Å². The van der Waals surface area contributed by atoms with Crippen molar-refractivity contribution in [1.82, 2.24) is 14.9 Å². The van der Waals surface area contributed by atoms with Gasteiger partial charge < -0.3 is 14.4 Å². The number of aromatic nitrogens is 2. The highest BCUT2D eigenvalue weighted by atomic mass is 16.5. The summed E-state index contributed by atoms with van der Waals surface area (Å²) in [5.41, 5.74) is 1.12. The molecule has 0 spiro atoms. The van der Waals surface area contributed by atoms with Crippen LogP contribution in [0.4, 0.5) is 5.95 Å². The van der Waals surface area contributed by atoms with Crippen molar-refractivity contribution >= 4 is 5.95 Å². The van der Waals surface area contributed by atoms with Gasteiger partial charge in [0.15, 0.2) is 0 Å². The molecule has 0 N–H and O–H groups in total. The first kappa shape index (κ1) is 15.2. The lowest BCUT2D eigenvalue weighted by Gasteiger charge is -2.23. The van der Waals surface area contributed by atoms with Gasteiger partial charge in [0.2, 0.25) is 5.95 Å². The van der Waals surface area contributed by atoms with Crippen LogP contribution in [0.3, 0.4) is 0 Å². The molecule has 0 aliphatic carbocycles. The van der Waals surface area contributed by atoms with Gasteiger partial charge in [-0.15, -0.1) is 0 Å². The quantitative estimate of drug-likeness (QED) is 0.767. The highest BCUT2D eigenvalue weighted by molar-refractivity contribution is 5.26. The summed E-state index contributed by atoms with van der Waals surface area (Å²) < 4.78 is 10.8. The van der Waals surface area contributed by atoms with Crippen molar-refractivity contribution in [3.8, 4) is 0 Å². The maximum absolute atomic E-state index is 5.47. The Morgan fingerprint density at radius 3 is 2.55 bits per heavy atom. The molecule has 1 aromatic heterocycles. The van der Waals surface area contributed by atoms with E-state index >= 15 is 0 Å². The minimum atomic E-state index is 0.289. The Hall–Kier alpha value is -1.24. The van der Waals surface area contributed by atoms with E-state index in [9.17, 15) is 0 Å². The van der Waals surface area contributed by atoms with E-state index in [1.165, 1.54) is 0 Å². The van der Waals surface area contributed by atoms with Gasteiger partial charge in [-0.2, -0.15) is 0 Å². The molecule has 1 aromatic rings. The highest BCUT2D eigenvalue weighted by Gasteiger charge is 2.31. The largest absolute Gasteiger partial charge is 0.383 e. The van der Waals surface area contributed by atoms with Gasteiger partial charge in [0, 0.05) is 65.4 Å². The normalized spacial score (nSPS) is 23.2. The van der Waals surface area contributed by atoms with Crippen LogP contribution in [0.2, 0.25) is 0 Å². The van der Waals surface area contributed by atoms with Gasteiger partial charge in [0.25, 0.3) is 0 Å². The van der Waals surface area contributed by atoms with Crippen LogP contribution in [0.25, 0.3) is 0 Å². The molecule has 0 aromatic carbocycles. The minimum absolute atomic E-state index is 0.289. The van der Waals surface area contributed by atoms with Gasteiger partial charge in [-0.3, -0.25) is 4.90 Å². The van der Waals surface area contributed by atoms with E-state index in [1.807, 2.05) is 31.4 Å². The molecule has 1 aliphatic rings. The van der Waals surface area contributed by atoms with Crippen LogP contribution >= 0.6 is 0 Å². The fraction of sp³-hybridized carbons (Fsp3) is 0.714.